The standard InChI is InChI=1S/C18H25BrN2O4/c1-12-9-14(19)11-16(21(23)24)15(12)10-13-5-7-20(8-6-13)17(22)25-18(2,3)4/h9,11,13H,5-8,10H2,1-4H3. The minimum absolute atomic E-state index is 0.168. The van der Waals surface area contributed by atoms with E-state index in [0.29, 0.717) is 25.4 Å². The molecular formula is C18H25BrN2O4. The van der Waals surface area contributed by atoms with Crippen molar-refractivity contribution >= 4 is 27.7 Å². The van der Waals surface area contributed by atoms with Crippen LogP contribution in [0.3, 0.4) is 0 Å². The van der Waals surface area contributed by atoms with Crippen molar-refractivity contribution in [3.63, 3.8) is 0 Å². The van der Waals surface area contributed by atoms with Gasteiger partial charge in [-0.15, -0.1) is 0 Å². The molecule has 1 aromatic carbocycles. The van der Waals surface area contributed by atoms with E-state index in [9.17, 15) is 14.9 Å². The molecule has 0 unspecified atom stereocenters. The Labute approximate surface area is 156 Å². The summed E-state index contributed by atoms with van der Waals surface area (Å²) in [6.07, 6.45) is 2.03. The molecule has 1 fully saturated rings. The molecule has 6 nitrogen and oxygen atoms in total. The van der Waals surface area contributed by atoms with Crippen molar-refractivity contribution < 1.29 is 14.5 Å². The highest BCUT2D eigenvalue weighted by Gasteiger charge is 2.28. The Hall–Kier alpha value is -1.63. The van der Waals surface area contributed by atoms with E-state index in [4.69, 9.17) is 4.74 Å². The third-order valence-electron chi connectivity index (χ3n) is 4.37. The van der Waals surface area contributed by atoms with Crippen LogP contribution in [0.1, 0.15) is 44.7 Å². The number of carbonyl (C=O) groups is 1. The van der Waals surface area contributed by atoms with Crippen molar-refractivity contribution in [2.45, 2.75) is 52.6 Å². The lowest BCUT2D eigenvalue weighted by Gasteiger charge is -2.33. The first-order valence-corrected chi connectivity index (χ1v) is 9.27. The molecule has 0 bridgehead atoms. The van der Waals surface area contributed by atoms with E-state index in [1.807, 2.05) is 33.8 Å². The summed E-state index contributed by atoms with van der Waals surface area (Å²) in [5, 5.41) is 11.4. The summed E-state index contributed by atoms with van der Waals surface area (Å²) < 4.78 is 6.13. The van der Waals surface area contributed by atoms with Crippen LogP contribution in [-0.4, -0.2) is 34.6 Å². The fourth-order valence-corrected chi connectivity index (χ4v) is 3.68. The first kappa shape index (κ1) is 19.7. The van der Waals surface area contributed by atoms with Crippen LogP contribution in [0.5, 0.6) is 0 Å². The summed E-state index contributed by atoms with van der Waals surface area (Å²) >= 11 is 3.33. The molecule has 2 rings (SSSR count). The number of benzene rings is 1. The van der Waals surface area contributed by atoms with E-state index < -0.39 is 5.60 Å². The molecule has 1 heterocycles. The maximum Gasteiger partial charge on any atom is 0.410 e. The second kappa shape index (κ2) is 7.72. The van der Waals surface area contributed by atoms with Gasteiger partial charge in [-0.05, 0) is 64.5 Å². The molecule has 0 spiro atoms. The van der Waals surface area contributed by atoms with Crippen LogP contribution in [0, 0.1) is 23.0 Å². The van der Waals surface area contributed by atoms with Crippen LogP contribution in [-0.2, 0) is 11.2 Å². The molecular weight excluding hydrogens is 388 g/mol. The van der Waals surface area contributed by atoms with Crippen LogP contribution in [0.25, 0.3) is 0 Å². The van der Waals surface area contributed by atoms with Crippen molar-refractivity contribution in [1.29, 1.82) is 0 Å². The maximum atomic E-state index is 12.1. The van der Waals surface area contributed by atoms with E-state index in [-0.39, 0.29) is 16.7 Å². The zero-order chi connectivity index (χ0) is 18.8. The molecule has 0 aromatic heterocycles. The number of nitrogens with zero attached hydrogens (tertiary/aromatic N) is 2. The lowest BCUT2D eigenvalue weighted by atomic mass is 9.88. The fraction of sp³-hybridized carbons (Fsp3) is 0.611. The summed E-state index contributed by atoms with van der Waals surface area (Å²) in [7, 11) is 0. The minimum Gasteiger partial charge on any atom is -0.444 e. The molecule has 7 heteroatoms. The van der Waals surface area contributed by atoms with Gasteiger partial charge in [-0.3, -0.25) is 10.1 Å². The van der Waals surface area contributed by atoms with Crippen LogP contribution < -0.4 is 0 Å². The number of piperidine rings is 1. The van der Waals surface area contributed by atoms with Crippen LogP contribution in [0.15, 0.2) is 16.6 Å². The molecule has 1 amide bonds. The van der Waals surface area contributed by atoms with Crippen molar-refractivity contribution in [3.8, 4) is 0 Å². The highest BCUT2D eigenvalue weighted by atomic mass is 79.9. The minimum atomic E-state index is -0.497. The molecule has 1 saturated heterocycles. The quantitative estimate of drug-likeness (QED) is 0.524. The van der Waals surface area contributed by atoms with Gasteiger partial charge in [-0.1, -0.05) is 15.9 Å². The van der Waals surface area contributed by atoms with Gasteiger partial charge in [0, 0.05) is 29.2 Å². The van der Waals surface area contributed by atoms with Gasteiger partial charge >= 0.3 is 6.09 Å². The molecule has 25 heavy (non-hydrogen) atoms. The summed E-state index contributed by atoms with van der Waals surface area (Å²) in [5.74, 6) is 0.331. The molecule has 1 aliphatic rings. The molecule has 0 aliphatic carbocycles. The second-order valence-corrected chi connectivity index (χ2v) is 8.51. The number of halogens is 1. The van der Waals surface area contributed by atoms with Gasteiger partial charge in [0.05, 0.1) is 4.92 Å². The number of hydrogen-bond donors (Lipinski definition) is 0. The zero-order valence-corrected chi connectivity index (χ0v) is 16.8. The van der Waals surface area contributed by atoms with Crippen molar-refractivity contribution in [1.82, 2.24) is 4.90 Å². The second-order valence-electron chi connectivity index (χ2n) is 7.59. The summed E-state index contributed by atoms with van der Waals surface area (Å²) in [6, 6.07) is 3.48. The number of amides is 1. The molecule has 1 aromatic rings. The summed E-state index contributed by atoms with van der Waals surface area (Å²) in [4.78, 5) is 24.9. The van der Waals surface area contributed by atoms with Gasteiger partial charge in [0.2, 0.25) is 0 Å². The largest absolute Gasteiger partial charge is 0.444 e. The van der Waals surface area contributed by atoms with E-state index in [1.54, 1.807) is 11.0 Å². The molecule has 138 valence electrons. The number of likely N-dealkylation sites (tertiary alicyclic amines) is 1. The van der Waals surface area contributed by atoms with Gasteiger partial charge in [-0.25, -0.2) is 4.79 Å². The van der Waals surface area contributed by atoms with Crippen LogP contribution in [0.4, 0.5) is 10.5 Å². The normalized spacial score (nSPS) is 16.0. The Morgan fingerprint density at radius 3 is 2.48 bits per heavy atom. The first-order chi connectivity index (χ1) is 11.6. The number of hydrogen-bond acceptors (Lipinski definition) is 4. The molecule has 0 atom stereocenters. The number of nitro groups is 1. The average molecular weight is 413 g/mol. The topological polar surface area (TPSA) is 72.7 Å². The van der Waals surface area contributed by atoms with E-state index in [1.165, 1.54) is 0 Å². The van der Waals surface area contributed by atoms with Crippen LogP contribution in [0.2, 0.25) is 0 Å². The van der Waals surface area contributed by atoms with Crippen molar-refractivity contribution in [2.75, 3.05) is 13.1 Å². The number of aryl methyl sites for hydroxylation is 1. The summed E-state index contributed by atoms with van der Waals surface area (Å²) in [5.41, 5.74) is 1.39. The smallest absolute Gasteiger partial charge is 0.410 e. The van der Waals surface area contributed by atoms with E-state index in [0.717, 1.165) is 28.4 Å². The number of nitro benzene ring substituents is 1. The highest BCUT2D eigenvalue weighted by molar-refractivity contribution is 9.10. The number of rotatable bonds is 3. The fourth-order valence-electron chi connectivity index (χ4n) is 3.12. The van der Waals surface area contributed by atoms with Crippen molar-refractivity contribution in [3.05, 3.63) is 37.8 Å². The van der Waals surface area contributed by atoms with E-state index >= 15 is 0 Å². The van der Waals surface area contributed by atoms with E-state index in [2.05, 4.69) is 15.9 Å². The lowest BCUT2D eigenvalue weighted by Crippen LogP contribution is -2.42. The van der Waals surface area contributed by atoms with Gasteiger partial charge in [0.15, 0.2) is 0 Å². The molecule has 0 saturated carbocycles. The third kappa shape index (κ3) is 5.42. The molecule has 0 radical (unpaired) electrons. The Morgan fingerprint density at radius 1 is 1.36 bits per heavy atom. The van der Waals surface area contributed by atoms with Crippen LogP contribution >= 0.6 is 15.9 Å². The molecule has 1 aliphatic heterocycles. The van der Waals surface area contributed by atoms with Gasteiger partial charge in [-0.2, -0.15) is 0 Å². The Morgan fingerprint density at radius 2 is 1.96 bits per heavy atom. The average Bonchev–Trinajstić information content (AvgIpc) is 2.48. The van der Waals surface area contributed by atoms with Crippen molar-refractivity contribution in [2.24, 2.45) is 5.92 Å². The Balaban J connectivity index is 2.01. The third-order valence-corrected chi connectivity index (χ3v) is 4.83. The first-order valence-electron chi connectivity index (χ1n) is 8.48. The van der Waals surface area contributed by atoms with Gasteiger partial charge < -0.3 is 9.64 Å². The number of ether oxygens (including phenoxy) is 1. The molecule has 0 N–H and O–H groups in total. The predicted molar refractivity (Wildman–Crippen MR) is 99.8 cm³/mol. The zero-order valence-electron chi connectivity index (χ0n) is 15.2. The maximum absolute atomic E-state index is 12.1. The van der Waals surface area contributed by atoms with Gasteiger partial charge in [0.25, 0.3) is 5.69 Å². The Kier molecular flexibility index (Phi) is 6.08. The predicted octanol–water partition coefficient (Wildman–Crippen LogP) is 4.86. The monoisotopic (exact) mass is 412 g/mol. The Bertz CT molecular complexity index is 662. The lowest BCUT2D eigenvalue weighted by molar-refractivity contribution is -0.385. The SMILES string of the molecule is Cc1cc(Br)cc([N+](=O)[O-])c1CC1CCN(C(=O)OC(C)(C)C)CC1. The number of carbonyl (C=O) groups excluding carboxylic acids is 1. The highest BCUT2D eigenvalue weighted by Crippen LogP contribution is 2.32. The summed E-state index contributed by atoms with van der Waals surface area (Å²) in [6.45, 7) is 8.72. The van der Waals surface area contributed by atoms with Gasteiger partial charge in [0.1, 0.15) is 5.60 Å².